The van der Waals surface area contributed by atoms with Gasteiger partial charge in [0.2, 0.25) is 0 Å². The number of amides is 2. The van der Waals surface area contributed by atoms with Crippen LogP contribution in [0, 0.1) is 23.1 Å². The third kappa shape index (κ3) is 7.57. The molecule has 10 heteroatoms. The quantitative estimate of drug-likeness (QED) is 0.484. The summed E-state index contributed by atoms with van der Waals surface area (Å²) in [5.41, 5.74) is -0.839. The Labute approximate surface area is 210 Å². The molecule has 2 amide bonds. The summed E-state index contributed by atoms with van der Waals surface area (Å²) >= 11 is 0. The van der Waals surface area contributed by atoms with Gasteiger partial charge in [-0.1, -0.05) is 19.9 Å². The van der Waals surface area contributed by atoms with Crippen LogP contribution in [0.15, 0.2) is 30.5 Å². The van der Waals surface area contributed by atoms with Gasteiger partial charge in [0.15, 0.2) is 11.6 Å². The molecule has 0 aliphatic carbocycles. The Morgan fingerprint density at radius 1 is 1.25 bits per heavy atom. The molecule has 0 unspecified atom stereocenters. The van der Waals surface area contributed by atoms with Crippen molar-refractivity contribution in [2.75, 3.05) is 18.6 Å². The molecule has 2 aromatic rings. The molecule has 0 fully saturated rings. The van der Waals surface area contributed by atoms with E-state index < -0.39 is 29.1 Å². The Morgan fingerprint density at radius 3 is 2.47 bits per heavy atom. The molecule has 9 nitrogen and oxygen atoms in total. The van der Waals surface area contributed by atoms with Crippen molar-refractivity contribution < 1.29 is 28.6 Å². The smallest absolute Gasteiger partial charge is 0.412 e. The summed E-state index contributed by atoms with van der Waals surface area (Å²) in [7, 11) is 1.19. The third-order valence-electron chi connectivity index (χ3n) is 5.09. The molecule has 0 saturated heterocycles. The number of hydrogen-bond donors (Lipinski definition) is 2. The summed E-state index contributed by atoms with van der Waals surface area (Å²) in [6.45, 7) is 11.3. The van der Waals surface area contributed by atoms with Crippen LogP contribution in [-0.2, 0) is 4.74 Å². The van der Waals surface area contributed by atoms with Gasteiger partial charge in [0, 0.05) is 18.8 Å². The fourth-order valence-corrected chi connectivity index (χ4v) is 3.72. The highest BCUT2D eigenvalue weighted by Crippen LogP contribution is 2.32. The van der Waals surface area contributed by atoms with Crippen molar-refractivity contribution in [3.63, 3.8) is 0 Å². The molecule has 0 saturated carbocycles. The van der Waals surface area contributed by atoms with E-state index in [0.29, 0.717) is 16.9 Å². The number of carbonyl (C=O) groups excluding carboxylic acids is 1. The number of nitriles is 1. The van der Waals surface area contributed by atoms with E-state index in [1.807, 2.05) is 20.8 Å². The lowest BCUT2D eigenvalue weighted by atomic mass is 9.91. The van der Waals surface area contributed by atoms with Crippen LogP contribution in [0.5, 0.6) is 5.75 Å². The van der Waals surface area contributed by atoms with Crippen LogP contribution < -0.4 is 15.0 Å². The molecule has 36 heavy (non-hydrogen) atoms. The van der Waals surface area contributed by atoms with Gasteiger partial charge in [-0.05, 0) is 63.8 Å². The second-order valence-electron chi connectivity index (χ2n) is 10.2. The summed E-state index contributed by atoms with van der Waals surface area (Å²) < 4.78 is 26.4. The van der Waals surface area contributed by atoms with E-state index in [0.717, 1.165) is 0 Å². The van der Waals surface area contributed by atoms with Crippen LogP contribution in [0.3, 0.4) is 0 Å². The molecule has 2 rings (SSSR count). The average Bonchev–Trinajstić information content (AvgIpc) is 2.75. The minimum absolute atomic E-state index is 0.0651. The first-order valence-corrected chi connectivity index (χ1v) is 11.5. The summed E-state index contributed by atoms with van der Waals surface area (Å²) in [5, 5.41) is 21.7. The SMILES string of the molecule is CC(C)C[C@@](C)(COc1ccc(-c2ccnc(N(C)C(=O)O)c2F)cc1C#N)NC(=O)OC(C)(C)C. The Balaban J connectivity index is 2.31. The van der Waals surface area contributed by atoms with Crippen molar-refractivity contribution in [1.29, 1.82) is 5.26 Å². The number of nitrogens with zero attached hydrogens (tertiary/aromatic N) is 3. The number of nitrogens with one attached hydrogen (secondary N) is 1. The Morgan fingerprint density at radius 2 is 1.92 bits per heavy atom. The van der Waals surface area contributed by atoms with Crippen LogP contribution in [0.1, 0.15) is 53.5 Å². The number of aromatic nitrogens is 1. The van der Waals surface area contributed by atoms with Crippen LogP contribution in [0.25, 0.3) is 11.1 Å². The van der Waals surface area contributed by atoms with Crippen molar-refractivity contribution in [1.82, 2.24) is 10.3 Å². The minimum Gasteiger partial charge on any atom is -0.490 e. The number of carboxylic acid groups (broad SMARTS) is 1. The van der Waals surface area contributed by atoms with Crippen molar-refractivity contribution in [3.8, 4) is 22.9 Å². The zero-order chi connectivity index (χ0) is 27.3. The van der Waals surface area contributed by atoms with Crippen LogP contribution in [-0.4, -0.2) is 47.1 Å². The zero-order valence-corrected chi connectivity index (χ0v) is 21.7. The van der Waals surface area contributed by atoms with Crippen molar-refractivity contribution in [2.24, 2.45) is 5.92 Å². The largest absolute Gasteiger partial charge is 0.490 e. The Bertz CT molecular complexity index is 1160. The number of alkyl carbamates (subject to hydrolysis) is 1. The summed E-state index contributed by atoms with van der Waals surface area (Å²) in [6.07, 6.45) is -0.0395. The van der Waals surface area contributed by atoms with Gasteiger partial charge in [0.05, 0.1) is 11.1 Å². The zero-order valence-electron chi connectivity index (χ0n) is 21.7. The lowest BCUT2D eigenvalue weighted by Gasteiger charge is -2.33. The highest BCUT2D eigenvalue weighted by atomic mass is 19.1. The molecule has 1 atom stereocenters. The number of pyridine rings is 1. The van der Waals surface area contributed by atoms with Crippen molar-refractivity contribution >= 4 is 18.0 Å². The number of carbonyl (C=O) groups is 2. The molecule has 0 spiro atoms. The molecule has 1 aromatic heterocycles. The molecule has 2 N–H and O–H groups in total. The highest BCUT2D eigenvalue weighted by Gasteiger charge is 2.31. The van der Waals surface area contributed by atoms with Crippen LogP contribution >= 0.6 is 0 Å². The first-order valence-electron chi connectivity index (χ1n) is 11.5. The van der Waals surface area contributed by atoms with Crippen LogP contribution in [0.2, 0.25) is 0 Å². The van der Waals surface area contributed by atoms with Crippen LogP contribution in [0.4, 0.5) is 19.8 Å². The second kappa shape index (κ2) is 11.2. The van der Waals surface area contributed by atoms with E-state index in [1.54, 1.807) is 26.8 Å². The Hall–Kier alpha value is -3.87. The number of anilines is 1. The number of benzene rings is 1. The maximum atomic E-state index is 15.0. The topological polar surface area (TPSA) is 125 Å². The number of rotatable bonds is 8. The average molecular weight is 501 g/mol. The number of ether oxygens (including phenoxy) is 2. The molecule has 194 valence electrons. The van der Waals surface area contributed by atoms with E-state index in [2.05, 4.69) is 16.4 Å². The summed E-state index contributed by atoms with van der Waals surface area (Å²) in [6, 6.07) is 8.02. The lowest BCUT2D eigenvalue weighted by Crippen LogP contribution is -2.52. The van der Waals surface area contributed by atoms with E-state index in [9.17, 15) is 14.9 Å². The van der Waals surface area contributed by atoms with E-state index in [4.69, 9.17) is 14.6 Å². The van der Waals surface area contributed by atoms with Gasteiger partial charge in [-0.25, -0.2) is 19.0 Å². The molecule has 0 aliphatic heterocycles. The van der Waals surface area contributed by atoms with E-state index >= 15 is 4.39 Å². The molecular weight excluding hydrogens is 467 g/mol. The van der Waals surface area contributed by atoms with Gasteiger partial charge in [-0.2, -0.15) is 5.26 Å². The minimum atomic E-state index is -1.36. The van der Waals surface area contributed by atoms with Gasteiger partial charge in [-0.3, -0.25) is 4.90 Å². The standard InChI is InChI=1S/C26H33FN4O5/c1-16(2)13-26(6,30-23(32)36-25(3,4)5)15-35-20-9-8-17(12-18(20)14-28)19-10-11-29-22(21(19)27)31(7)24(33)34/h8-12,16H,13,15H2,1-7H3,(H,30,32)(H,33,34)/t26-/m0/s1. The summed E-state index contributed by atoms with van der Waals surface area (Å²) in [5.74, 6) is -0.679. The fraction of sp³-hybridized carbons (Fsp3) is 0.462. The normalized spacial score (nSPS) is 12.9. The monoisotopic (exact) mass is 500 g/mol. The van der Waals surface area contributed by atoms with Gasteiger partial charge >= 0.3 is 12.2 Å². The van der Waals surface area contributed by atoms with Gasteiger partial charge in [0.1, 0.15) is 24.0 Å². The van der Waals surface area contributed by atoms with E-state index in [-0.39, 0.29) is 35.2 Å². The molecular formula is C26H33FN4O5. The second-order valence-corrected chi connectivity index (χ2v) is 10.2. The fourth-order valence-electron chi connectivity index (χ4n) is 3.72. The predicted octanol–water partition coefficient (Wildman–Crippen LogP) is 5.58. The predicted molar refractivity (Wildman–Crippen MR) is 133 cm³/mol. The molecule has 1 aromatic carbocycles. The van der Waals surface area contributed by atoms with Crippen molar-refractivity contribution in [3.05, 3.63) is 41.8 Å². The first-order chi connectivity index (χ1) is 16.7. The van der Waals surface area contributed by atoms with Gasteiger partial charge < -0.3 is 19.9 Å². The lowest BCUT2D eigenvalue weighted by molar-refractivity contribution is 0.0408. The van der Waals surface area contributed by atoms with Gasteiger partial charge in [0.25, 0.3) is 0 Å². The number of halogens is 1. The molecule has 0 bridgehead atoms. The molecule has 0 radical (unpaired) electrons. The third-order valence-corrected chi connectivity index (χ3v) is 5.09. The maximum Gasteiger partial charge on any atom is 0.412 e. The highest BCUT2D eigenvalue weighted by molar-refractivity contribution is 5.85. The Kier molecular flexibility index (Phi) is 8.86. The van der Waals surface area contributed by atoms with Crippen molar-refractivity contribution in [2.45, 2.75) is 59.1 Å². The maximum absolute atomic E-state index is 15.0. The summed E-state index contributed by atoms with van der Waals surface area (Å²) in [4.78, 5) is 28.1. The van der Waals surface area contributed by atoms with Gasteiger partial charge in [-0.15, -0.1) is 0 Å². The van der Waals surface area contributed by atoms with E-state index in [1.165, 1.54) is 31.4 Å². The number of hydrogen-bond acceptors (Lipinski definition) is 6. The molecule has 1 heterocycles. The first kappa shape index (κ1) is 28.4. The molecule has 0 aliphatic rings.